The van der Waals surface area contributed by atoms with Gasteiger partial charge in [0.15, 0.2) is 6.10 Å². The Morgan fingerprint density at radius 3 is 1.24 bits per heavy atom. The fraction of sp³-hybridized carbons (Fsp3) is 0.565. The molecule has 0 radical (unpaired) electrons. The van der Waals surface area contributed by atoms with E-state index in [0.29, 0.717) is 25.7 Å². The number of aliphatic hydroxyl groups excluding tert-OH is 1. The van der Waals surface area contributed by atoms with Crippen molar-refractivity contribution in [3.63, 3.8) is 0 Å². The number of esters is 3. The predicted octanol–water partition coefficient (Wildman–Crippen LogP) is 16.4. The van der Waals surface area contributed by atoms with E-state index in [9.17, 15) is 28.9 Å². The number of phosphoric ester groups is 1. The summed E-state index contributed by atoms with van der Waals surface area (Å²) in [5, 5.41) is 9.78. The summed E-state index contributed by atoms with van der Waals surface area (Å²) in [4.78, 5) is 48.4. The van der Waals surface area contributed by atoms with E-state index >= 15 is 0 Å². The number of carbonyl (C=O) groups excluding carboxylic acids is 3. The van der Waals surface area contributed by atoms with Gasteiger partial charge in [0.25, 0.3) is 0 Å². The summed E-state index contributed by atoms with van der Waals surface area (Å²) in [7, 11) is -4.80. The van der Waals surface area contributed by atoms with Crippen LogP contribution < -0.4 is 0 Å². The highest BCUT2D eigenvalue weighted by Gasteiger charge is 2.28. The van der Waals surface area contributed by atoms with Gasteiger partial charge in [-0.2, -0.15) is 0 Å². The van der Waals surface area contributed by atoms with Crippen LogP contribution in [0.1, 0.15) is 188 Å². The van der Waals surface area contributed by atoms with Crippen molar-refractivity contribution in [1.82, 2.24) is 0 Å². The minimum atomic E-state index is -4.80. The third-order valence-electron chi connectivity index (χ3n) is 10.8. The average molecular weight is 1050 g/mol. The van der Waals surface area contributed by atoms with Gasteiger partial charge in [-0.3, -0.25) is 23.4 Å². The summed E-state index contributed by atoms with van der Waals surface area (Å²) >= 11 is 0. The number of hydrogen-bond acceptors (Lipinski definition) is 10. The highest BCUT2D eigenvalue weighted by Crippen LogP contribution is 2.43. The van der Waals surface area contributed by atoms with E-state index in [0.717, 1.165) is 96.3 Å². The van der Waals surface area contributed by atoms with Crippen molar-refractivity contribution >= 4 is 25.7 Å². The second kappa shape index (κ2) is 54.6. The number of carbonyl (C=O) groups is 3. The summed E-state index contributed by atoms with van der Waals surface area (Å²) in [6, 6.07) is 0. The van der Waals surface area contributed by atoms with Crippen LogP contribution in [-0.4, -0.2) is 66.5 Å². The first kappa shape index (κ1) is 69.4. The lowest BCUT2D eigenvalue weighted by molar-refractivity contribution is -0.161. The van der Waals surface area contributed by atoms with Crippen LogP contribution in [0.5, 0.6) is 0 Å². The Morgan fingerprint density at radius 1 is 0.405 bits per heavy atom. The maximum absolute atomic E-state index is 12.9. The molecule has 12 heteroatoms. The lowest BCUT2D eigenvalue weighted by Crippen LogP contribution is -2.30. The molecule has 0 aromatic heterocycles. The van der Waals surface area contributed by atoms with E-state index in [1.54, 1.807) is 6.08 Å². The molecule has 0 aliphatic rings. The number of unbranched alkanes of at least 4 members (excludes halogenated alkanes) is 9. The molecule has 3 unspecified atom stereocenters. The summed E-state index contributed by atoms with van der Waals surface area (Å²) < 4.78 is 39.2. The van der Waals surface area contributed by atoms with Crippen molar-refractivity contribution in [1.29, 1.82) is 0 Å². The average Bonchev–Trinajstić information content (AvgIpc) is 3.39. The highest BCUT2D eigenvalue weighted by atomic mass is 31.2. The van der Waals surface area contributed by atoms with Gasteiger partial charge in [-0.1, -0.05) is 205 Å². The topological polar surface area (TPSA) is 155 Å². The van der Waals surface area contributed by atoms with Crippen molar-refractivity contribution in [2.24, 2.45) is 0 Å². The zero-order chi connectivity index (χ0) is 54.1. The van der Waals surface area contributed by atoms with Crippen LogP contribution in [0.3, 0.4) is 0 Å². The van der Waals surface area contributed by atoms with Crippen molar-refractivity contribution in [3.05, 3.63) is 146 Å². The molecule has 0 saturated carbocycles. The standard InChI is InChI=1S/C62H97O11P/c1-4-7-10-13-16-19-22-25-27-28-29-30-32-35-38-41-44-47-50-53-62(66)73-59(55-69-60(64)51-48-45-42-39-36-33-24-21-18-15-12-9-6-3)57-71-74(67,68)70-56-58(54-63)72-61(65)52-49-46-43-40-37-34-31-26-23-20-17-14-11-8-5-2/h7-8,10-11,16-17,19-21,24-27,29-31,35,37-38,40,44,46-47,49,58-59,63H,4-6,9,12-15,18,22-23,28,32-34,36,39,41-43,45,48,50-57H2,1-3H3,(H,67,68)/b10-7-,11-8-,19-16-,20-17-,24-21-,27-25-,30-29-,31-26-,38-35-,40-37-,47-44-,49-46-. The largest absolute Gasteiger partial charge is 0.472 e. The molecule has 74 heavy (non-hydrogen) atoms. The fourth-order valence-electron chi connectivity index (χ4n) is 6.63. The van der Waals surface area contributed by atoms with Gasteiger partial charge in [-0.25, -0.2) is 4.57 Å². The number of rotatable bonds is 49. The van der Waals surface area contributed by atoms with Crippen molar-refractivity contribution in [2.45, 2.75) is 200 Å². The van der Waals surface area contributed by atoms with Crippen LogP contribution in [0, 0.1) is 0 Å². The molecule has 0 aliphatic heterocycles. The third kappa shape index (κ3) is 52.2. The van der Waals surface area contributed by atoms with Gasteiger partial charge < -0.3 is 24.2 Å². The Labute approximate surface area is 448 Å². The minimum Gasteiger partial charge on any atom is -0.462 e. The number of hydrogen-bond donors (Lipinski definition) is 2. The molecule has 0 amide bonds. The first-order valence-corrected chi connectivity index (χ1v) is 29.2. The zero-order valence-corrected chi connectivity index (χ0v) is 46.6. The van der Waals surface area contributed by atoms with E-state index in [-0.39, 0.29) is 25.9 Å². The van der Waals surface area contributed by atoms with Crippen LogP contribution in [0.2, 0.25) is 0 Å². The molecule has 416 valence electrons. The molecule has 0 aromatic carbocycles. The molecule has 0 spiro atoms. The van der Waals surface area contributed by atoms with E-state index in [4.69, 9.17) is 23.3 Å². The molecule has 0 rings (SSSR count). The maximum atomic E-state index is 12.9. The Bertz CT molecular complexity index is 1800. The molecule has 2 N–H and O–H groups in total. The molecular formula is C62H97O11P. The van der Waals surface area contributed by atoms with Crippen LogP contribution in [0.4, 0.5) is 0 Å². The first-order chi connectivity index (χ1) is 36.2. The highest BCUT2D eigenvalue weighted by molar-refractivity contribution is 7.47. The van der Waals surface area contributed by atoms with Gasteiger partial charge in [-0.15, -0.1) is 0 Å². The number of allylic oxidation sites excluding steroid dienone is 23. The quantitative estimate of drug-likeness (QED) is 0.0197. The van der Waals surface area contributed by atoms with E-state index in [2.05, 4.69) is 130 Å². The van der Waals surface area contributed by atoms with Gasteiger partial charge in [0.2, 0.25) is 0 Å². The van der Waals surface area contributed by atoms with E-state index in [1.165, 1.54) is 25.7 Å². The third-order valence-corrected chi connectivity index (χ3v) is 11.7. The smallest absolute Gasteiger partial charge is 0.462 e. The summed E-state index contributed by atoms with van der Waals surface area (Å²) in [5.74, 6) is -1.73. The summed E-state index contributed by atoms with van der Waals surface area (Å²) in [6.45, 7) is 4.16. The van der Waals surface area contributed by atoms with E-state index in [1.807, 2.05) is 30.4 Å². The predicted molar refractivity (Wildman–Crippen MR) is 306 cm³/mol. The molecule has 0 aromatic rings. The monoisotopic (exact) mass is 1050 g/mol. The molecular weight excluding hydrogens is 952 g/mol. The Morgan fingerprint density at radius 2 is 0.784 bits per heavy atom. The van der Waals surface area contributed by atoms with Gasteiger partial charge in [0.05, 0.1) is 26.2 Å². The molecule has 0 saturated heterocycles. The second-order valence-corrected chi connectivity index (χ2v) is 19.1. The molecule has 0 bridgehead atoms. The van der Waals surface area contributed by atoms with Crippen molar-refractivity contribution in [2.75, 3.05) is 26.4 Å². The van der Waals surface area contributed by atoms with Crippen LogP contribution >= 0.6 is 7.82 Å². The number of aliphatic hydroxyl groups is 1. The van der Waals surface area contributed by atoms with Crippen molar-refractivity contribution in [3.8, 4) is 0 Å². The molecule has 0 aliphatic carbocycles. The number of ether oxygens (including phenoxy) is 3. The van der Waals surface area contributed by atoms with Gasteiger partial charge >= 0.3 is 25.7 Å². The summed E-state index contributed by atoms with van der Waals surface area (Å²) in [6.07, 6.45) is 70.0. The Hall–Kier alpha value is -4.64. The minimum absolute atomic E-state index is 0.0256. The normalized spacial score (nSPS) is 14.5. The lowest BCUT2D eigenvalue weighted by Gasteiger charge is -2.21. The lowest BCUT2D eigenvalue weighted by atomic mass is 10.1. The van der Waals surface area contributed by atoms with Crippen LogP contribution in [0.25, 0.3) is 0 Å². The molecule has 3 atom stereocenters. The maximum Gasteiger partial charge on any atom is 0.472 e. The van der Waals surface area contributed by atoms with Gasteiger partial charge in [0, 0.05) is 12.8 Å². The molecule has 11 nitrogen and oxygen atoms in total. The van der Waals surface area contributed by atoms with Crippen LogP contribution in [-0.2, 0) is 42.2 Å². The summed E-state index contributed by atoms with van der Waals surface area (Å²) in [5.41, 5.74) is 0. The molecule has 0 heterocycles. The SMILES string of the molecule is CC/C=C\C/C=C\C/C=C\C/C=C\C/C=C\C/C=C\CCC(=O)OC(COC(=O)CCCCCCC/C=C\CCCCCC)COP(=O)(O)OCC(CO)OC(=O)C/C=C\C/C=C\C/C=C\C/C=C\C/C=C\CC. The van der Waals surface area contributed by atoms with Gasteiger partial charge in [-0.05, 0) is 109 Å². The van der Waals surface area contributed by atoms with E-state index < -0.39 is 57.8 Å². The second-order valence-electron chi connectivity index (χ2n) is 17.6. The Kier molecular flexibility index (Phi) is 51.2. The molecule has 0 fully saturated rings. The first-order valence-electron chi connectivity index (χ1n) is 27.7. The van der Waals surface area contributed by atoms with Crippen LogP contribution in [0.15, 0.2) is 146 Å². The van der Waals surface area contributed by atoms with Gasteiger partial charge in [0.1, 0.15) is 12.7 Å². The number of phosphoric acid groups is 1. The van der Waals surface area contributed by atoms with Crippen molar-refractivity contribution < 1.29 is 52.2 Å². The Balaban J connectivity index is 4.96. The fourth-order valence-corrected chi connectivity index (χ4v) is 7.41. The zero-order valence-electron chi connectivity index (χ0n) is 45.7.